The number of thiazole rings is 1. The van der Waals surface area contributed by atoms with Crippen molar-refractivity contribution in [3.8, 4) is 23.0 Å². The van der Waals surface area contributed by atoms with Gasteiger partial charge in [-0.2, -0.15) is 0 Å². The fourth-order valence-electron chi connectivity index (χ4n) is 5.52. The van der Waals surface area contributed by atoms with Gasteiger partial charge in [0.05, 0.1) is 36.6 Å². The number of hydrogen-bond acceptors (Lipinski definition) is 8. The first kappa shape index (κ1) is 33.5. The second kappa shape index (κ2) is 14.7. The predicted octanol–water partition coefficient (Wildman–Crippen LogP) is 5.24. The van der Waals surface area contributed by atoms with Gasteiger partial charge in [-0.1, -0.05) is 29.5 Å². The average Bonchev–Trinajstić information content (AvgIpc) is 3.38. The lowest BCUT2D eigenvalue weighted by Crippen LogP contribution is -2.43. The zero-order valence-corrected chi connectivity index (χ0v) is 28.2. The molecule has 4 aromatic rings. The topological polar surface area (TPSA) is 91.6 Å². The van der Waals surface area contributed by atoms with Crippen molar-refractivity contribution in [3.63, 3.8) is 0 Å². The number of nitrogens with zero attached hydrogens (tertiary/aromatic N) is 3. The van der Waals surface area contributed by atoms with Crippen LogP contribution in [0.4, 0.5) is 4.39 Å². The molecule has 2 heterocycles. The lowest BCUT2D eigenvalue weighted by Gasteiger charge is -2.30. The molecule has 3 aromatic carbocycles. The van der Waals surface area contributed by atoms with Crippen LogP contribution in [0.1, 0.15) is 50.4 Å². The number of aromatic nitrogens is 1. The molecule has 0 bridgehead atoms. The van der Waals surface area contributed by atoms with Crippen LogP contribution >= 0.6 is 11.3 Å². The highest BCUT2D eigenvalue weighted by molar-refractivity contribution is 7.07. The SMILES string of the molecule is CCOc1cc(/C=c2/sc3n(c2=O)[C@@H](c2cc(OC)ccc2OC)C(C(=O)N(CC)CC)=C(C)N=3)ccc1OCc1ccc(F)cc1. The van der Waals surface area contributed by atoms with Gasteiger partial charge in [0.2, 0.25) is 0 Å². The smallest absolute Gasteiger partial charge is 0.271 e. The highest BCUT2D eigenvalue weighted by atomic mass is 32.1. The zero-order valence-electron chi connectivity index (χ0n) is 27.3. The number of amides is 1. The summed E-state index contributed by atoms with van der Waals surface area (Å²) in [6, 6.07) is 16.1. The largest absolute Gasteiger partial charge is 0.497 e. The summed E-state index contributed by atoms with van der Waals surface area (Å²) in [6.45, 7) is 9.16. The number of fused-ring (bicyclic) bond motifs is 1. The van der Waals surface area contributed by atoms with Crippen LogP contribution in [0.3, 0.4) is 0 Å². The van der Waals surface area contributed by atoms with E-state index < -0.39 is 6.04 Å². The molecule has 1 aliphatic heterocycles. The Balaban J connectivity index is 1.61. The van der Waals surface area contributed by atoms with E-state index in [1.807, 2.05) is 32.9 Å². The van der Waals surface area contributed by atoms with Gasteiger partial charge < -0.3 is 23.8 Å². The van der Waals surface area contributed by atoms with Gasteiger partial charge in [0.25, 0.3) is 11.5 Å². The van der Waals surface area contributed by atoms with E-state index in [-0.39, 0.29) is 23.9 Å². The minimum atomic E-state index is -0.798. The Morgan fingerprint density at radius 3 is 2.34 bits per heavy atom. The number of hydrogen-bond donors (Lipinski definition) is 0. The minimum Gasteiger partial charge on any atom is -0.497 e. The molecule has 0 N–H and O–H groups in total. The van der Waals surface area contributed by atoms with Crippen LogP contribution in [-0.2, 0) is 11.4 Å². The van der Waals surface area contributed by atoms with Crippen LogP contribution < -0.4 is 33.8 Å². The zero-order chi connectivity index (χ0) is 33.7. The van der Waals surface area contributed by atoms with Crippen molar-refractivity contribution in [1.29, 1.82) is 0 Å². The first-order chi connectivity index (χ1) is 22.7. The van der Waals surface area contributed by atoms with Gasteiger partial charge in [-0.15, -0.1) is 0 Å². The Labute approximate surface area is 276 Å². The number of methoxy groups -OCH3 is 2. The molecule has 1 atom stereocenters. The Morgan fingerprint density at radius 2 is 1.68 bits per heavy atom. The molecule has 5 rings (SSSR count). The maximum atomic E-state index is 14.3. The second-order valence-electron chi connectivity index (χ2n) is 10.7. The summed E-state index contributed by atoms with van der Waals surface area (Å²) in [5.41, 5.74) is 2.79. The Morgan fingerprint density at radius 1 is 0.957 bits per heavy atom. The number of allylic oxidation sites excluding steroid dienone is 1. The molecule has 1 aliphatic rings. The summed E-state index contributed by atoms with van der Waals surface area (Å²) in [7, 11) is 3.12. The molecule has 47 heavy (non-hydrogen) atoms. The number of carbonyl (C=O) groups excluding carboxylic acids is 1. The van der Waals surface area contributed by atoms with Crippen molar-refractivity contribution >= 4 is 23.3 Å². The molecule has 0 spiro atoms. The third-order valence-corrected chi connectivity index (χ3v) is 8.89. The molecular weight excluding hydrogens is 621 g/mol. The molecule has 0 unspecified atom stereocenters. The molecule has 0 radical (unpaired) electrons. The number of carbonyl (C=O) groups is 1. The van der Waals surface area contributed by atoms with Gasteiger partial charge in [-0.3, -0.25) is 14.2 Å². The Kier molecular flexibility index (Phi) is 10.5. The number of rotatable bonds is 12. The fourth-order valence-corrected chi connectivity index (χ4v) is 6.57. The summed E-state index contributed by atoms with van der Waals surface area (Å²) in [5.74, 6) is 1.61. The van der Waals surface area contributed by atoms with Gasteiger partial charge in [-0.05, 0) is 87.4 Å². The van der Waals surface area contributed by atoms with Crippen LogP contribution in [0.15, 0.2) is 81.7 Å². The molecule has 246 valence electrons. The highest BCUT2D eigenvalue weighted by Gasteiger charge is 2.36. The highest BCUT2D eigenvalue weighted by Crippen LogP contribution is 2.38. The van der Waals surface area contributed by atoms with Crippen LogP contribution in [-0.4, -0.2) is 49.3 Å². The minimum absolute atomic E-state index is 0.196. The van der Waals surface area contributed by atoms with Crippen molar-refractivity contribution in [3.05, 3.63) is 114 Å². The monoisotopic (exact) mass is 659 g/mol. The fraction of sp³-hybridized carbons (Fsp3) is 0.306. The molecular formula is C36H38FN3O6S. The molecule has 0 aliphatic carbocycles. The molecule has 9 nitrogen and oxygen atoms in total. The first-order valence-electron chi connectivity index (χ1n) is 15.4. The van der Waals surface area contributed by atoms with E-state index in [2.05, 4.69) is 0 Å². The van der Waals surface area contributed by atoms with Crippen molar-refractivity contribution in [1.82, 2.24) is 9.47 Å². The average molecular weight is 660 g/mol. The maximum absolute atomic E-state index is 14.3. The van der Waals surface area contributed by atoms with Crippen molar-refractivity contribution in [2.75, 3.05) is 33.9 Å². The van der Waals surface area contributed by atoms with Crippen LogP contribution in [0.2, 0.25) is 0 Å². The van der Waals surface area contributed by atoms with Crippen LogP contribution in [0.25, 0.3) is 6.08 Å². The van der Waals surface area contributed by atoms with E-state index in [0.717, 1.165) is 11.1 Å². The number of ether oxygens (including phenoxy) is 4. The van der Waals surface area contributed by atoms with Gasteiger partial charge in [-0.25, -0.2) is 9.38 Å². The van der Waals surface area contributed by atoms with Gasteiger partial charge in [0.15, 0.2) is 16.3 Å². The summed E-state index contributed by atoms with van der Waals surface area (Å²) < 4.78 is 38.5. The van der Waals surface area contributed by atoms with Crippen LogP contribution in [0.5, 0.6) is 23.0 Å². The predicted molar refractivity (Wildman–Crippen MR) is 180 cm³/mol. The maximum Gasteiger partial charge on any atom is 0.271 e. The van der Waals surface area contributed by atoms with Crippen molar-refractivity contribution in [2.24, 2.45) is 4.99 Å². The third-order valence-electron chi connectivity index (χ3n) is 7.91. The van der Waals surface area contributed by atoms with E-state index in [1.165, 1.54) is 23.5 Å². The van der Waals surface area contributed by atoms with Gasteiger partial charge in [0.1, 0.15) is 30.0 Å². The number of likely N-dealkylation sites (N-methyl/N-ethyl adjacent to an activating group) is 1. The van der Waals surface area contributed by atoms with Crippen molar-refractivity contribution < 1.29 is 28.1 Å². The van der Waals surface area contributed by atoms with E-state index in [0.29, 0.717) is 68.9 Å². The summed E-state index contributed by atoms with van der Waals surface area (Å²) in [4.78, 5) is 35.2. The molecule has 1 aromatic heterocycles. The Bertz CT molecular complexity index is 1980. The molecule has 1 amide bonds. The lowest BCUT2D eigenvalue weighted by molar-refractivity contribution is -0.127. The molecule has 0 saturated heterocycles. The third kappa shape index (κ3) is 6.95. The van der Waals surface area contributed by atoms with Crippen LogP contribution in [0, 0.1) is 5.82 Å². The van der Waals surface area contributed by atoms with Crippen molar-refractivity contribution in [2.45, 2.75) is 40.3 Å². The first-order valence-corrected chi connectivity index (χ1v) is 16.2. The second-order valence-corrected chi connectivity index (χ2v) is 11.7. The number of halogens is 1. The van der Waals surface area contributed by atoms with E-state index in [4.69, 9.17) is 23.9 Å². The van der Waals surface area contributed by atoms with E-state index in [9.17, 15) is 14.0 Å². The molecule has 0 fully saturated rings. The summed E-state index contributed by atoms with van der Waals surface area (Å²) in [6.07, 6.45) is 1.78. The summed E-state index contributed by atoms with van der Waals surface area (Å²) in [5, 5.41) is 0. The quantitative estimate of drug-likeness (QED) is 0.207. The normalized spacial score (nSPS) is 14.4. The Hall–Kier alpha value is -4.90. The van der Waals surface area contributed by atoms with E-state index in [1.54, 1.807) is 73.1 Å². The van der Waals surface area contributed by atoms with Gasteiger partial charge >= 0.3 is 0 Å². The molecule has 11 heteroatoms. The molecule has 0 saturated carbocycles. The standard InChI is InChI=1S/C36H38FN3O6S/c1-7-39(8-2)35(42)32-22(4)38-36-40(33(32)27-20-26(43-5)15-17-28(27)44-6)34(41)31(47-36)19-24-12-16-29(30(18-24)45-9-3)46-21-23-10-13-25(37)14-11-23/h10-20,33H,7-9,21H2,1-6H3/b31-19+/t33-/m0/s1. The van der Waals surface area contributed by atoms with E-state index >= 15 is 0 Å². The lowest BCUT2D eigenvalue weighted by atomic mass is 9.93. The summed E-state index contributed by atoms with van der Waals surface area (Å²) >= 11 is 1.24. The van der Waals surface area contributed by atoms with Gasteiger partial charge in [0, 0.05) is 18.7 Å². The number of benzene rings is 3.